The van der Waals surface area contributed by atoms with E-state index in [-0.39, 0.29) is 17.7 Å². The molecular formula is C8H15N5OS. The van der Waals surface area contributed by atoms with Crippen LogP contribution in [-0.4, -0.2) is 39.1 Å². The lowest BCUT2D eigenvalue weighted by Gasteiger charge is -2.07. The van der Waals surface area contributed by atoms with E-state index in [2.05, 4.69) is 27.4 Å². The highest BCUT2D eigenvalue weighted by Gasteiger charge is 2.10. The van der Waals surface area contributed by atoms with Gasteiger partial charge in [0.1, 0.15) is 0 Å². The zero-order chi connectivity index (χ0) is 11.3. The molecule has 0 aliphatic carbocycles. The van der Waals surface area contributed by atoms with Gasteiger partial charge in [-0.3, -0.25) is 9.89 Å². The van der Waals surface area contributed by atoms with Crippen molar-refractivity contribution in [1.82, 2.24) is 20.5 Å². The van der Waals surface area contributed by atoms with E-state index in [9.17, 15) is 4.79 Å². The van der Waals surface area contributed by atoms with Gasteiger partial charge >= 0.3 is 0 Å². The van der Waals surface area contributed by atoms with Crippen LogP contribution >= 0.6 is 11.8 Å². The maximum Gasteiger partial charge on any atom is 0.288 e. The molecule has 1 heterocycles. The number of rotatable bonds is 5. The van der Waals surface area contributed by atoms with Gasteiger partial charge in [-0.1, -0.05) is 6.92 Å². The van der Waals surface area contributed by atoms with Crippen LogP contribution in [0.25, 0.3) is 0 Å². The van der Waals surface area contributed by atoms with E-state index in [1.165, 1.54) is 0 Å². The fraction of sp³-hybridized carbons (Fsp3) is 0.625. The van der Waals surface area contributed by atoms with Crippen molar-refractivity contribution in [1.29, 1.82) is 0 Å². The maximum absolute atomic E-state index is 11.4. The molecule has 0 aliphatic rings. The van der Waals surface area contributed by atoms with Crippen molar-refractivity contribution >= 4 is 23.6 Å². The molecule has 0 bridgehead atoms. The first-order valence-electron chi connectivity index (χ1n) is 4.62. The maximum atomic E-state index is 11.4. The molecular weight excluding hydrogens is 214 g/mol. The van der Waals surface area contributed by atoms with Crippen LogP contribution in [0.3, 0.4) is 0 Å². The van der Waals surface area contributed by atoms with E-state index in [4.69, 9.17) is 5.73 Å². The Kier molecular flexibility index (Phi) is 4.41. The summed E-state index contributed by atoms with van der Waals surface area (Å²) < 4.78 is 0. The van der Waals surface area contributed by atoms with E-state index in [0.29, 0.717) is 11.8 Å². The summed E-state index contributed by atoms with van der Waals surface area (Å²) in [5.41, 5.74) is 5.28. The highest BCUT2D eigenvalue weighted by molar-refractivity contribution is 7.99. The molecule has 4 N–H and O–H groups in total. The Morgan fingerprint density at radius 2 is 2.47 bits per heavy atom. The van der Waals surface area contributed by atoms with Gasteiger partial charge in [-0.05, 0) is 12.7 Å². The summed E-state index contributed by atoms with van der Waals surface area (Å²) in [5.74, 6) is -0.0329. The predicted molar refractivity (Wildman–Crippen MR) is 60.7 cm³/mol. The molecule has 1 rings (SSSR count). The average molecular weight is 229 g/mol. The molecule has 6 nitrogen and oxygen atoms in total. The van der Waals surface area contributed by atoms with Gasteiger partial charge < -0.3 is 11.1 Å². The number of H-pyrrole nitrogens is 1. The normalized spacial score (nSPS) is 12.4. The van der Waals surface area contributed by atoms with Crippen molar-refractivity contribution in [2.45, 2.75) is 18.6 Å². The van der Waals surface area contributed by atoms with Gasteiger partial charge in [0.2, 0.25) is 11.8 Å². The molecule has 0 radical (unpaired) electrons. The van der Waals surface area contributed by atoms with Gasteiger partial charge in [0, 0.05) is 11.8 Å². The number of nitrogens with zero attached hydrogens (tertiary/aromatic N) is 2. The third-order valence-electron chi connectivity index (χ3n) is 1.96. The number of anilines is 1. The van der Waals surface area contributed by atoms with Crippen LogP contribution in [-0.2, 0) is 0 Å². The van der Waals surface area contributed by atoms with Crippen LogP contribution in [0, 0.1) is 0 Å². The Labute approximate surface area is 92.4 Å². The Bertz CT molecular complexity index is 327. The van der Waals surface area contributed by atoms with Crippen LogP contribution in [0.1, 0.15) is 24.0 Å². The number of hydrogen-bond donors (Lipinski definition) is 3. The molecule has 0 saturated heterocycles. The van der Waals surface area contributed by atoms with Gasteiger partial charge in [-0.15, -0.1) is 5.10 Å². The molecule has 1 atom stereocenters. The number of thioether (sulfide) groups is 1. The Hall–Kier alpha value is -1.24. The standard InChI is InChI=1S/C8H15N5OS/c1-5(15-2)3-4-10-7(14)6-11-8(9)13-12-6/h5H,3-4H2,1-2H3,(H,10,14)(H3,9,11,12,13). The third kappa shape index (κ3) is 3.78. The number of hydrogen-bond acceptors (Lipinski definition) is 5. The van der Waals surface area contributed by atoms with Crippen molar-refractivity contribution in [3.63, 3.8) is 0 Å². The van der Waals surface area contributed by atoms with Gasteiger partial charge in [0.05, 0.1) is 0 Å². The minimum atomic E-state index is -0.271. The first-order valence-corrected chi connectivity index (χ1v) is 5.91. The summed E-state index contributed by atoms with van der Waals surface area (Å²) in [5, 5.41) is 9.30. The minimum Gasteiger partial charge on any atom is -0.366 e. The van der Waals surface area contributed by atoms with E-state index < -0.39 is 0 Å². The Morgan fingerprint density at radius 3 is 3.00 bits per heavy atom. The zero-order valence-electron chi connectivity index (χ0n) is 8.78. The van der Waals surface area contributed by atoms with E-state index >= 15 is 0 Å². The van der Waals surface area contributed by atoms with Gasteiger partial charge in [0.25, 0.3) is 5.91 Å². The lowest BCUT2D eigenvalue weighted by atomic mass is 10.3. The first kappa shape index (κ1) is 11.8. The van der Waals surface area contributed by atoms with E-state index in [1.54, 1.807) is 11.8 Å². The molecule has 0 saturated carbocycles. The topological polar surface area (TPSA) is 96.7 Å². The van der Waals surface area contributed by atoms with Crippen LogP contribution in [0.4, 0.5) is 5.95 Å². The highest BCUT2D eigenvalue weighted by Crippen LogP contribution is 2.07. The SMILES string of the molecule is CSC(C)CCNC(=O)c1nc(N)n[nH]1. The second kappa shape index (κ2) is 5.59. The molecule has 0 fully saturated rings. The molecule has 1 aromatic heterocycles. The lowest BCUT2D eigenvalue weighted by molar-refractivity contribution is 0.0943. The predicted octanol–water partition coefficient (Wildman–Crippen LogP) is 0.258. The molecule has 0 aliphatic heterocycles. The number of amides is 1. The summed E-state index contributed by atoms with van der Waals surface area (Å²) in [6, 6.07) is 0. The molecule has 0 spiro atoms. The van der Waals surface area contributed by atoms with Crippen molar-refractivity contribution < 1.29 is 4.79 Å². The van der Waals surface area contributed by atoms with E-state index in [1.807, 2.05) is 6.26 Å². The number of aromatic nitrogens is 3. The van der Waals surface area contributed by atoms with Gasteiger partial charge in [0.15, 0.2) is 0 Å². The molecule has 84 valence electrons. The average Bonchev–Trinajstić information content (AvgIpc) is 2.64. The number of nitrogens with two attached hydrogens (primary N) is 1. The smallest absolute Gasteiger partial charge is 0.288 e. The van der Waals surface area contributed by atoms with Gasteiger partial charge in [-0.2, -0.15) is 16.7 Å². The Balaban J connectivity index is 2.31. The molecule has 0 aromatic carbocycles. The summed E-state index contributed by atoms with van der Waals surface area (Å²) in [4.78, 5) is 15.1. The van der Waals surface area contributed by atoms with Crippen LogP contribution in [0.5, 0.6) is 0 Å². The monoisotopic (exact) mass is 229 g/mol. The molecule has 15 heavy (non-hydrogen) atoms. The third-order valence-corrected chi connectivity index (χ3v) is 3.00. The molecule has 1 unspecified atom stereocenters. The Morgan fingerprint density at radius 1 is 1.73 bits per heavy atom. The summed E-state index contributed by atoms with van der Waals surface area (Å²) in [6.45, 7) is 2.74. The van der Waals surface area contributed by atoms with Crippen LogP contribution in [0.2, 0.25) is 0 Å². The highest BCUT2D eigenvalue weighted by atomic mass is 32.2. The van der Waals surface area contributed by atoms with Crippen molar-refractivity contribution in [3.8, 4) is 0 Å². The van der Waals surface area contributed by atoms with Crippen molar-refractivity contribution in [2.75, 3.05) is 18.5 Å². The summed E-state index contributed by atoms with van der Waals surface area (Å²) in [7, 11) is 0. The minimum absolute atomic E-state index is 0.0811. The van der Waals surface area contributed by atoms with Gasteiger partial charge in [-0.25, -0.2) is 0 Å². The molecule has 7 heteroatoms. The van der Waals surface area contributed by atoms with Crippen molar-refractivity contribution in [3.05, 3.63) is 5.82 Å². The first-order chi connectivity index (χ1) is 7.13. The second-order valence-corrected chi connectivity index (χ2v) is 4.41. The number of carbonyl (C=O) groups excluding carboxylic acids is 1. The van der Waals surface area contributed by atoms with Crippen LogP contribution in [0.15, 0.2) is 0 Å². The lowest BCUT2D eigenvalue weighted by Crippen LogP contribution is -2.27. The number of nitrogen functional groups attached to an aromatic ring is 1. The fourth-order valence-electron chi connectivity index (χ4n) is 0.967. The van der Waals surface area contributed by atoms with E-state index in [0.717, 1.165) is 6.42 Å². The quantitative estimate of drug-likeness (QED) is 0.673. The summed E-state index contributed by atoms with van der Waals surface area (Å²) >= 11 is 1.77. The number of nitrogens with one attached hydrogen (secondary N) is 2. The molecule has 1 aromatic rings. The van der Waals surface area contributed by atoms with Crippen LogP contribution < -0.4 is 11.1 Å². The number of carbonyl (C=O) groups is 1. The number of aromatic amines is 1. The summed E-state index contributed by atoms with van der Waals surface area (Å²) in [6.07, 6.45) is 2.97. The zero-order valence-corrected chi connectivity index (χ0v) is 9.60. The fourth-order valence-corrected chi connectivity index (χ4v) is 1.32. The molecule has 1 amide bonds. The second-order valence-electron chi connectivity index (χ2n) is 3.13. The largest absolute Gasteiger partial charge is 0.366 e. The van der Waals surface area contributed by atoms with Crippen molar-refractivity contribution in [2.24, 2.45) is 0 Å².